The number of hydroxylamine groups is 2. The minimum atomic E-state index is -5.16. The number of rotatable bonds is 6. The highest BCUT2D eigenvalue weighted by Crippen LogP contribution is 2.24. The highest BCUT2D eigenvalue weighted by molar-refractivity contribution is 5.83. The minimum absolute atomic E-state index is 0.00630. The number of nitrogens with zero attached hydrogens (tertiary/aromatic N) is 3. The van der Waals surface area contributed by atoms with Gasteiger partial charge in [-0.15, -0.1) is 5.06 Å². The standard InChI is InChI=1S/C23H23F3N4O3/c1-15-19(5-4-11-28-15)17-9-7-16(8-10-17)13-18(14-27)29-21(31)20-6-2-3-12-30(20)33-22(32)23(24,25)26/h4-5,7-11,18,20H,2-3,6,12-13H2,1H3,(H,29,31)/t18-,20-/m0/s1. The van der Waals surface area contributed by atoms with Crippen molar-refractivity contribution in [2.75, 3.05) is 6.54 Å². The first kappa shape index (κ1) is 24.2. The number of nitriles is 1. The Balaban J connectivity index is 1.64. The van der Waals surface area contributed by atoms with Crippen molar-refractivity contribution in [3.63, 3.8) is 0 Å². The van der Waals surface area contributed by atoms with Gasteiger partial charge in [-0.2, -0.15) is 18.4 Å². The van der Waals surface area contributed by atoms with Gasteiger partial charge in [0.2, 0.25) is 5.91 Å². The normalized spacial score (nSPS) is 17.6. The van der Waals surface area contributed by atoms with Crippen LogP contribution in [0.4, 0.5) is 13.2 Å². The quantitative estimate of drug-likeness (QED) is 0.709. The van der Waals surface area contributed by atoms with Gasteiger partial charge >= 0.3 is 12.1 Å². The van der Waals surface area contributed by atoms with E-state index in [-0.39, 0.29) is 19.4 Å². The van der Waals surface area contributed by atoms with E-state index in [1.165, 1.54) is 0 Å². The predicted molar refractivity (Wildman–Crippen MR) is 112 cm³/mol. The lowest BCUT2D eigenvalue weighted by molar-refractivity contribution is -0.248. The highest BCUT2D eigenvalue weighted by Gasteiger charge is 2.44. The van der Waals surface area contributed by atoms with E-state index in [0.717, 1.165) is 27.4 Å². The van der Waals surface area contributed by atoms with E-state index >= 15 is 0 Å². The fourth-order valence-electron chi connectivity index (χ4n) is 3.68. The van der Waals surface area contributed by atoms with Gasteiger partial charge in [-0.3, -0.25) is 9.78 Å². The van der Waals surface area contributed by atoms with Crippen LogP contribution in [0.2, 0.25) is 0 Å². The molecule has 2 aromatic rings. The molecule has 0 bridgehead atoms. The molecule has 0 saturated carbocycles. The summed E-state index contributed by atoms with van der Waals surface area (Å²) >= 11 is 0. The molecule has 33 heavy (non-hydrogen) atoms. The third-order valence-corrected chi connectivity index (χ3v) is 5.37. The summed E-state index contributed by atoms with van der Waals surface area (Å²) in [5.41, 5.74) is 3.64. The minimum Gasteiger partial charge on any atom is -0.360 e. The van der Waals surface area contributed by atoms with Crippen LogP contribution >= 0.6 is 0 Å². The largest absolute Gasteiger partial charge is 0.492 e. The molecule has 7 nitrogen and oxygen atoms in total. The molecule has 1 aromatic heterocycles. The fraction of sp³-hybridized carbons (Fsp3) is 0.391. The Labute approximate surface area is 189 Å². The number of hydrogen-bond donors (Lipinski definition) is 1. The molecule has 3 rings (SSSR count). The molecule has 1 amide bonds. The van der Waals surface area contributed by atoms with Crippen LogP contribution in [0.1, 0.15) is 30.5 Å². The molecule has 1 aliphatic heterocycles. The van der Waals surface area contributed by atoms with Crippen molar-refractivity contribution in [1.82, 2.24) is 15.4 Å². The van der Waals surface area contributed by atoms with Crippen LogP contribution in [-0.4, -0.2) is 46.7 Å². The van der Waals surface area contributed by atoms with Crippen LogP contribution in [0.5, 0.6) is 0 Å². The summed E-state index contributed by atoms with van der Waals surface area (Å²) in [6, 6.07) is 11.3. The molecule has 0 unspecified atom stereocenters. The molecular weight excluding hydrogens is 437 g/mol. The highest BCUT2D eigenvalue weighted by atomic mass is 19.4. The van der Waals surface area contributed by atoms with Gasteiger partial charge in [0.25, 0.3) is 0 Å². The van der Waals surface area contributed by atoms with Gasteiger partial charge in [-0.1, -0.05) is 30.3 Å². The van der Waals surface area contributed by atoms with Crippen LogP contribution < -0.4 is 5.32 Å². The van der Waals surface area contributed by atoms with Crippen LogP contribution in [0.3, 0.4) is 0 Å². The van der Waals surface area contributed by atoms with Gasteiger partial charge in [0, 0.05) is 30.4 Å². The Morgan fingerprint density at radius 3 is 2.64 bits per heavy atom. The van der Waals surface area contributed by atoms with E-state index in [4.69, 9.17) is 0 Å². The van der Waals surface area contributed by atoms with Crippen LogP contribution in [-0.2, 0) is 20.8 Å². The second-order valence-electron chi connectivity index (χ2n) is 7.76. The van der Waals surface area contributed by atoms with E-state index in [1.54, 1.807) is 6.20 Å². The monoisotopic (exact) mass is 460 g/mol. The van der Waals surface area contributed by atoms with E-state index in [0.29, 0.717) is 12.8 Å². The average molecular weight is 460 g/mol. The zero-order valence-corrected chi connectivity index (χ0v) is 17.9. The van der Waals surface area contributed by atoms with Crippen molar-refractivity contribution in [3.8, 4) is 17.2 Å². The third kappa shape index (κ3) is 6.29. The molecule has 0 spiro atoms. The van der Waals surface area contributed by atoms with Crippen LogP contribution in [0, 0.1) is 18.3 Å². The first-order valence-electron chi connectivity index (χ1n) is 10.5. The molecule has 174 valence electrons. The van der Waals surface area contributed by atoms with E-state index < -0.39 is 30.1 Å². The van der Waals surface area contributed by atoms with E-state index in [1.807, 2.05) is 49.4 Å². The molecule has 1 N–H and O–H groups in total. The molecule has 1 aliphatic rings. The predicted octanol–water partition coefficient (Wildman–Crippen LogP) is 3.48. The number of nitrogens with one attached hydrogen (secondary N) is 1. The average Bonchev–Trinajstić information content (AvgIpc) is 2.79. The molecular formula is C23H23F3N4O3. The molecule has 1 saturated heterocycles. The molecule has 2 atom stereocenters. The Bertz CT molecular complexity index is 1030. The van der Waals surface area contributed by atoms with Gasteiger partial charge in [0.05, 0.1) is 6.07 Å². The number of piperidine rings is 1. The summed E-state index contributed by atoms with van der Waals surface area (Å²) in [4.78, 5) is 32.6. The van der Waals surface area contributed by atoms with Crippen molar-refractivity contribution in [1.29, 1.82) is 5.26 Å². The first-order valence-corrected chi connectivity index (χ1v) is 10.5. The topological polar surface area (TPSA) is 95.3 Å². The van der Waals surface area contributed by atoms with Gasteiger partial charge in [0.15, 0.2) is 0 Å². The maximum atomic E-state index is 12.7. The maximum Gasteiger partial charge on any atom is 0.492 e. The van der Waals surface area contributed by atoms with E-state index in [9.17, 15) is 28.0 Å². The molecule has 2 heterocycles. The van der Waals surface area contributed by atoms with Crippen molar-refractivity contribution < 1.29 is 27.6 Å². The van der Waals surface area contributed by atoms with Crippen molar-refractivity contribution >= 4 is 11.9 Å². The smallest absolute Gasteiger partial charge is 0.360 e. The Morgan fingerprint density at radius 2 is 2.00 bits per heavy atom. The second-order valence-corrected chi connectivity index (χ2v) is 7.76. The zero-order valence-electron chi connectivity index (χ0n) is 17.9. The van der Waals surface area contributed by atoms with Gasteiger partial charge in [-0.05, 0) is 43.4 Å². The third-order valence-electron chi connectivity index (χ3n) is 5.37. The number of carbonyl (C=O) groups excluding carboxylic acids is 2. The second kappa shape index (κ2) is 10.4. The molecule has 10 heteroatoms. The number of amides is 1. The van der Waals surface area contributed by atoms with Gasteiger partial charge in [-0.25, -0.2) is 4.79 Å². The molecule has 0 aliphatic carbocycles. The summed E-state index contributed by atoms with van der Waals surface area (Å²) in [7, 11) is 0. The lowest BCUT2D eigenvalue weighted by Gasteiger charge is -2.33. The fourth-order valence-corrected chi connectivity index (χ4v) is 3.68. The van der Waals surface area contributed by atoms with E-state index in [2.05, 4.69) is 15.1 Å². The molecule has 0 radical (unpaired) electrons. The summed E-state index contributed by atoms with van der Waals surface area (Å²) in [6.07, 6.45) is -1.94. The lowest BCUT2D eigenvalue weighted by Crippen LogP contribution is -2.53. The summed E-state index contributed by atoms with van der Waals surface area (Å²) < 4.78 is 37.6. The number of halogens is 3. The number of aryl methyl sites for hydroxylation is 1. The number of alkyl halides is 3. The Kier molecular flexibility index (Phi) is 7.66. The van der Waals surface area contributed by atoms with Crippen molar-refractivity contribution in [2.45, 2.75) is 50.9 Å². The Morgan fingerprint density at radius 1 is 1.27 bits per heavy atom. The van der Waals surface area contributed by atoms with Crippen molar-refractivity contribution in [2.24, 2.45) is 0 Å². The summed E-state index contributed by atoms with van der Waals surface area (Å²) in [5, 5.41) is 12.8. The summed E-state index contributed by atoms with van der Waals surface area (Å²) in [6.45, 7) is 1.91. The number of hydrogen-bond acceptors (Lipinski definition) is 6. The molecule has 1 aromatic carbocycles. The number of carbonyl (C=O) groups is 2. The van der Waals surface area contributed by atoms with Crippen LogP contribution in [0.25, 0.3) is 11.1 Å². The zero-order chi connectivity index (χ0) is 24.0. The SMILES string of the molecule is Cc1ncccc1-c1ccc(C[C@@H](C#N)NC(=O)[C@@H]2CCCCN2OC(=O)C(F)(F)F)cc1. The number of benzene rings is 1. The number of aromatic nitrogens is 1. The Hall–Kier alpha value is -3.45. The maximum absolute atomic E-state index is 12.7. The summed E-state index contributed by atoms with van der Waals surface area (Å²) in [5.74, 6) is -3.03. The number of pyridine rings is 1. The van der Waals surface area contributed by atoms with Crippen molar-refractivity contribution in [3.05, 3.63) is 53.9 Å². The van der Waals surface area contributed by atoms with Gasteiger partial charge < -0.3 is 10.2 Å². The molecule has 1 fully saturated rings. The lowest BCUT2D eigenvalue weighted by atomic mass is 9.99. The van der Waals surface area contributed by atoms with Gasteiger partial charge in [0.1, 0.15) is 12.1 Å². The van der Waals surface area contributed by atoms with Crippen LogP contribution in [0.15, 0.2) is 42.6 Å². The first-order chi connectivity index (χ1) is 15.7.